The first kappa shape index (κ1) is 29.9. The maximum absolute atomic E-state index is 12.4. The van der Waals surface area contributed by atoms with E-state index in [9.17, 15) is 24.6 Å². The van der Waals surface area contributed by atoms with Crippen molar-refractivity contribution < 1.29 is 33.5 Å². The second kappa shape index (κ2) is 12.0. The number of carbonyl (C=O) groups excluding carboxylic acids is 1. The van der Waals surface area contributed by atoms with Crippen molar-refractivity contribution in [3.05, 3.63) is 75.6 Å². The largest absolute Gasteiger partial charge is 0.462 e. The summed E-state index contributed by atoms with van der Waals surface area (Å²) in [6.07, 6.45) is -3.46. The first-order valence-electron chi connectivity index (χ1n) is 11.8. The fourth-order valence-corrected chi connectivity index (χ4v) is 6.18. The van der Waals surface area contributed by atoms with Crippen LogP contribution in [-0.4, -0.2) is 62.3 Å². The molecule has 2 aromatic rings. The van der Waals surface area contributed by atoms with Gasteiger partial charge in [0, 0.05) is 12.3 Å². The molecule has 1 saturated heterocycles. The second-order valence-electron chi connectivity index (χ2n) is 9.13. The van der Waals surface area contributed by atoms with E-state index in [1.165, 1.54) is 6.92 Å². The number of carbonyl (C=O) groups is 1. The van der Waals surface area contributed by atoms with E-state index in [0.29, 0.717) is 5.75 Å². The Morgan fingerprint density at radius 1 is 1.29 bits per heavy atom. The van der Waals surface area contributed by atoms with Crippen LogP contribution >= 0.6 is 6.64 Å². The number of hydrogen-bond acceptors (Lipinski definition) is 10. The van der Waals surface area contributed by atoms with Gasteiger partial charge in [0.05, 0.1) is 12.7 Å². The van der Waals surface area contributed by atoms with E-state index in [1.54, 1.807) is 51.1 Å². The molecule has 38 heavy (non-hydrogen) atoms. The fraction of sp³-hybridized carbons (Fsp3) is 0.458. The number of esters is 1. The molecule has 0 bridgehead atoms. The third-order valence-electron chi connectivity index (χ3n) is 5.71. The molecule has 6 atom stereocenters. The van der Waals surface area contributed by atoms with Crippen molar-refractivity contribution in [3.63, 3.8) is 0 Å². The molecule has 1 aromatic carbocycles. The number of hydrogen-bond donors (Lipinski definition) is 4. The third-order valence-corrected chi connectivity index (χ3v) is 8.21. The van der Waals surface area contributed by atoms with Crippen LogP contribution in [-0.2, 0) is 30.6 Å². The predicted octanol–water partition coefficient (Wildman–Crippen LogP) is 1.35. The lowest BCUT2D eigenvalue weighted by Crippen LogP contribution is -2.50. The van der Waals surface area contributed by atoms with Crippen LogP contribution in [0, 0.1) is 0 Å². The number of aliphatic hydroxyl groups is 2. The molecule has 2 heterocycles. The van der Waals surface area contributed by atoms with Gasteiger partial charge in [0.2, 0.25) is 0 Å². The molecule has 0 aliphatic carbocycles. The minimum atomic E-state index is -3.48. The Morgan fingerprint density at radius 3 is 2.53 bits per heavy atom. The molecular formula is C24H32N3O9PS. The highest BCUT2D eigenvalue weighted by atomic mass is 32.5. The topological polar surface area (TPSA) is 161 Å². The molecule has 3 rings (SSSR count). The number of nitrogens with zero attached hydrogens (tertiary/aromatic N) is 1. The van der Waals surface area contributed by atoms with Crippen molar-refractivity contribution in [2.75, 3.05) is 6.61 Å². The van der Waals surface area contributed by atoms with Crippen LogP contribution in [0.4, 0.5) is 0 Å². The fourth-order valence-electron chi connectivity index (χ4n) is 3.76. The standard InChI is InChI=1S/C24H32N3O9PS/c1-14(2)24(32)20(29)18(35-22(24)27-12-11-19(28)25-23(27)31)13-33-37(38,36-17-9-7-6-8-10-17)26-16(5)21(30)34-15(3)4/h6-12,15-16,18,20,22,29,32H,1,13H2,2-5H3,(H,26,38)(H,25,28,31). The number of nitrogens with one attached hydrogen (secondary N) is 2. The molecule has 0 amide bonds. The van der Waals surface area contributed by atoms with Crippen LogP contribution in [0.2, 0.25) is 0 Å². The van der Waals surface area contributed by atoms with Crippen molar-refractivity contribution in [1.82, 2.24) is 14.6 Å². The van der Waals surface area contributed by atoms with Crippen LogP contribution in [0.25, 0.3) is 0 Å². The average Bonchev–Trinajstić information content (AvgIpc) is 3.09. The Hall–Kier alpha value is -2.64. The normalized spacial score (nSPS) is 25.5. The molecule has 12 nitrogen and oxygen atoms in total. The van der Waals surface area contributed by atoms with E-state index in [2.05, 4.69) is 16.7 Å². The molecule has 208 valence electrons. The van der Waals surface area contributed by atoms with E-state index in [4.69, 9.17) is 30.3 Å². The Bertz CT molecular complexity index is 1310. The highest BCUT2D eigenvalue weighted by Gasteiger charge is 2.57. The van der Waals surface area contributed by atoms with Gasteiger partial charge in [-0.1, -0.05) is 24.8 Å². The molecular weight excluding hydrogens is 537 g/mol. The number of para-hydroxylation sites is 1. The van der Waals surface area contributed by atoms with Crippen molar-refractivity contribution in [2.24, 2.45) is 0 Å². The van der Waals surface area contributed by atoms with Gasteiger partial charge in [-0.05, 0) is 57.2 Å². The minimum Gasteiger partial charge on any atom is -0.462 e. The van der Waals surface area contributed by atoms with E-state index in [0.717, 1.165) is 16.8 Å². The molecule has 0 spiro atoms. The summed E-state index contributed by atoms with van der Waals surface area (Å²) in [5.74, 6) is -0.197. The van der Waals surface area contributed by atoms with Crippen LogP contribution in [0.1, 0.15) is 33.9 Å². The summed E-state index contributed by atoms with van der Waals surface area (Å²) in [6.45, 7) is 6.31. The van der Waals surface area contributed by atoms with Gasteiger partial charge >= 0.3 is 18.3 Å². The lowest BCUT2D eigenvalue weighted by atomic mass is 9.87. The maximum atomic E-state index is 12.4. The number of aliphatic hydroxyl groups excluding tert-OH is 1. The number of benzene rings is 1. The van der Waals surface area contributed by atoms with Gasteiger partial charge < -0.3 is 28.7 Å². The Kier molecular flexibility index (Phi) is 9.48. The van der Waals surface area contributed by atoms with Crippen LogP contribution in [0.5, 0.6) is 5.75 Å². The van der Waals surface area contributed by atoms with Gasteiger partial charge in [-0.2, -0.15) is 0 Å². The van der Waals surface area contributed by atoms with Crippen LogP contribution in [0.15, 0.2) is 64.3 Å². The molecule has 0 saturated carbocycles. The van der Waals surface area contributed by atoms with Crippen LogP contribution in [0.3, 0.4) is 0 Å². The summed E-state index contributed by atoms with van der Waals surface area (Å²) in [6, 6.07) is 8.73. The van der Waals surface area contributed by atoms with Gasteiger partial charge in [-0.25, -0.2) is 9.88 Å². The molecule has 4 N–H and O–H groups in total. The molecule has 1 aliphatic heterocycles. The average molecular weight is 570 g/mol. The number of aromatic amines is 1. The molecule has 1 aliphatic rings. The number of rotatable bonds is 11. The summed E-state index contributed by atoms with van der Waals surface area (Å²) >= 11 is 5.67. The highest BCUT2D eigenvalue weighted by Crippen LogP contribution is 2.48. The minimum absolute atomic E-state index is 0.110. The van der Waals surface area contributed by atoms with Gasteiger partial charge in [-0.15, -0.1) is 0 Å². The lowest BCUT2D eigenvalue weighted by Gasteiger charge is -2.32. The SMILES string of the molecule is C=C(C)C1(O)C(O)C(COP(=S)(NC(C)C(=O)OC(C)C)Oc2ccccc2)OC1n1ccc(=O)[nH]c1=O. The van der Waals surface area contributed by atoms with E-state index >= 15 is 0 Å². The third kappa shape index (κ3) is 6.67. The first-order chi connectivity index (χ1) is 17.8. The van der Waals surface area contributed by atoms with E-state index in [-0.39, 0.29) is 11.7 Å². The van der Waals surface area contributed by atoms with Gasteiger partial charge in [0.15, 0.2) is 11.8 Å². The Labute approximate surface area is 224 Å². The smallest absolute Gasteiger partial charge is 0.330 e. The number of H-pyrrole nitrogens is 1. The zero-order valence-corrected chi connectivity index (χ0v) is 23.1. The van der Waals surface area contributed by atoms with Crippen molar-refractivity contribution in [2.45, 2.75) is 63.9 Å². The molecule has 0 radical (unpaired) electrons. The zero-order valence-electron chi connectivity index (χ0n) is 21.4. The van der Waals surface area contributed by atoms with Crippen molar-refractivity contribution in [3.8, 4) is 5.75 Å². The van der Waals surface area contributed by atoms with Crippen LogP contribution < -0.4 is 20.9 Å². The van der Waals surface area contributed by atoms with Gasteiger partial charge in [-0.3, -0.25) is 19.1 Å². The Morgan fingerprint density at radius 2 is 1.95 bits per heavy atom. The lowest BCUT2D eigenvalue weighted by molar-refractivity contribution is -0.149. The summed E-state index contributed by atoms with van der Waals surface area (Å²) in [5, 5.41) is 25.3. The second-order valence-corrected chi connectivity index (χ2v) is 12.3. The molecule has 14 heteroatoms. The monoisotopic (exact) mass is 569 g/mol. The summed E-state index contributed by atoms with van der Waals surface area (Å²) in [7, 11) is 0. The molecule has 1 aromatic heterocycles. The molecule has 6 unspecified atom stereocenters. The van der Waals surface area contributed by atoms with Crippen molar-refractivity contribution >= 4 is 24.4 Å². The van der Waals surface area contributed by atoms with Crippen molar-refractivity contribution in [1.29, 1.82) is 0 Å². The van der Waals surface area contributed by atoms with Gasteiger partial charge in [0.1, 0.15) is 24.0 Å². The number of ether oxygens (including phenoxy) is 2. The molecule has 1 fully saturated rings. The van der Waals surface area contributed by atoms with Gasteiger partial charge in [0.25, 0.3) is 5.56 Å². The summed E-state index contributed by atoms with van der Waals surface area (Å²) in [5.41, 5.74) is -3.49. The quantitative estimate of drug-likeness (QED) is 0.176. The first-order valence-corrected chi connectivity index (χ1v) is 14.4. The van der Waals surface area contributed by atoms with E-state index < -0.39 is 60.5 Å². The predicted molar refractivity (Wildman–Crippen MR) is 142 cm³/mol. The number of aromatic nitrogens is 2. The Balaban J connectivity index is 1.87. The zero-order chi connectivity index (χ0) is 28.3. The maximum Gasteiger partial charge on any atom is 0.330 e. The highest BCUT2D eigenvalue weighted by molar-refractivity contribution is 8.09. The summed E-state index contributed by atoms with van der Waals surface area (Å²) in [4.78, 5) is 38.4. The van der Waals surface area contributed by atoms with E-state index in [1.807, 2.05) is 0 Å². The summed E-state index contributed by atoms with van der Waals surface area (Å²) < 4.78 is 23.9.